The summed E-state index contributed by atoms with van der Waals surface area (Å²) in [7, 11) is 1.44. The van der Waals surface area contributed by atoms with Crippen molar-refractivity contribution in [2.45, 2.75) is 13.8 Å². The van der Waals surface area contributed by atoms with Crippen LogP contribution >= 0.6 is 0 Å². The van der Waals surface area contributed by atoms with Crippen LogP contribution in [0.25, 0.3) is 11.3 Å². The van der Waals surface area contributed by atoms with Gasteiger partial charge in [0.15, 0.2) is 5.78 Å². The number of methoxy groups -OCH3 is 1. The molecule has 0 bridgehead atoms. The molecule has 1 aromatic carbocycles. The van der Waals surface area contributed by atoms with Crippen LogP contribution in [0.2, 0.25) is 0 Å². The molecular weight excluding hydrogens is 310 g/mol. The van der Waals surface area contributed by atoms with E-state index in [1.807, 2.05) is 0 Å². The predicted molar refractivity (Wildman–Crippen MR) is 87.1 cm³/mol. The Bertz CT molecular complexity index is 877. The van der Waals surface area contributed by atoms with Gasteiger partial charge in [-0.3, -0.25) is 14.4 Å². The fourth-order valence-corrected chi connectivity index (χ4v) is 2.78. The second-order valence-corrected chi connectivity index (χ2v) is 5.37. The lowest BCUT2D eigenvalue weighted by Gasteiger charge is -2.12. The zero-order valence-corrected chi connectivity index (χ0v) is 13.5. The summed E-state index contributed by atoms with van der Waals surface area (Å²) in [5.41, 5.74) is 2.18. The van der Waals surface area contributed by atoms with Crippen molar-refractivity contribution < 1.29 is 23.5 Å². The first-order valence-corrected chi connectivity index (χ1v) is 7.27. The molecule has 0 saturated heterocycles. The second kappa shape index (κ2) is 5.81. The van der Waals surface area contributed by atoms with Gasteiger partial charge in [0.25, 0.3) is 5.91 Å². The lowest BCUT2D eigenvalue weighted by Crippen LogP contribution is -2.31. The van der Waals surface area contributed by atoms with Crippen molar-refractivity contribution in [3.63, 3.8) is 0 Å². The highest BCUT2D eigenvalue weighted by Crippen LogP contribution is 2.41. The molecule has 0 spiro atoms. The topological polar surface area (TPSA) is 76.8 Å². The molecule has 24 heavy (non-hydrogen) atoms. The summed E-state index contributed by atoms with van der Waals surface area (Å²) in [5.74, 6) is -0.738. The van der Waals surface area contributed by atoms with Gasteiger partial charge in [-0.2, -0.15) is 0 Å². The van der Waals surface area contributed by atoms with Crippen LogP contribution in [0.5, 0.6) is 0 Å². The number of Topliss-reactive ketones (excluding diaryl/α,β-unsaturated/α-hetero) is 1. The molecule has 0 radical (unpaired) electrons. The maximum atomic E-state index is 12.8. The SMILES string of the molecule is COC(=C1C(=O)N(C(C)=O)c2ccc(C(C)=O)cc21)c1ccoc1. The number of hydrogen-bond acceptors (Lipinski definition) is 5. The highest BCUT2D eigenvalue weighted by molar-refractivity contribution is 6.43. The number of furan rings is 1. The maximum Gasteiger partial charge on any atom is 0.269 e. The molecule has 0 aliphatic carbocycles. The summed E-state index contributed by atoms with van der Waals surface area (Å²) >= 11 is 0. The van der Waals surface area contributed by atoms with Gasteiger partial charge in [-0.05, 0) is 31.2 Å². The highest BCUT2D eigenvalue weighted by atomic mass is 16.5. The molecule has 0 N–H and O–H groups in total. The van der Waals surface area contributed by atoms with Crippen LogP contribution < -0.4 is 4.90 Å². The summed E-state index contributed by atoms with van der Waals surface area (Å²) in [6.45, 7) is 2.76. The Kier molecular flexibility index (Phi) is 3.81. The van der Waals surface area contributed by atoms with Gasteiger partial charge in [-0.1, -0.05) is 0 Å². The Morgan fingerprint density at radius 2 is 1.88 bits per heavy atom. The first-order valence-electron chi connectivity index (χ1n) is 7.27. The summed E-state index contributed by atoms with van der Waals surface area (Å²) < 4.78 is 10.5. The number of nitrogens with zero attached hydrogens (tertiary/aromatic N) is 1. The van der Waals surface area contributed by atoms with Gasteiger partial charge < -0.3 is 9.15 Å². The van der Waals surface area contributed by atoms with Crippen molar-refractivity contribution in [1.82, 2.24) is 0 Å². The molecule has 1 aromatic heterocycles. The minimum absolute atomic E-state index is 0.131. The number of ether oxygens (including phenoxy) is 1. The van der Waals surface area contributed by atoms with Crippen LogP contribution in [0.4, 0.5) is 5.69 Å². The molecule has 2 heterocycles. The Hall–Kier alpha value is -3.15. The van der Waals surface area contributed by atoms with Crippen LogP contribution in [-0.2, 0) is 14.3 Å². The molecule has 3 rings (SSSR count). The van der Waals surface area contributed by atoms with Gasteiger partial charge in [0.1, 0.15) is 12.0 Å². The minimum Gasteiger partial charge on any atom is -0.495 e. The number of anilines is 1. The monoisotopic (exact) mass is 325 g/mol. The Labute approximate surface area is 138 Å². The average Bonchev–Trinajstić information content (AvgIpc) is 3.15. The summed E-state index contributed by atoms with van der Waals surface area (Å²) in [6.07, 6.45) is 2.91. The average molecular weight is 325 g/mol. The third kappa shape index (κ3) is 2.32. The normalized spacial score (nSPS) is 15.3. The number of fused-ring (bicyclic) bond motifs is 1. The largest absolute Gasteiger partial charge is 0.495 e. The number of carbonyl (C=O) groups excluding carboxylic acids is 3. The molecule has 0 saturated carbocycles. The van der Waals surface area contributed by atoms with E-state index >= 15 is 0 Å². The zero-order chi connectivity index (χ0) is 17.4. The predicted octanol–water partition coefficient (Wildman–Crippen LogP) is 2.89. The number of carbonyl (C=O) groups is 3. The number of amides is 2. The molecule has 122 valence electrons. The van der Waals surface area contributed by atoms with Crippen molar-refractivity contribution in [3.05, 3.63) is 53.5 Å². The van der Waals surface area contributed by atoms with Gasteiger partial charge in [-0.25, -0.2) is 4.90 Å². The lowest BCUT2D eigenvalue weighted by molar-refractivity contribution is -0.122. The smallest absolute Gasteiger partial charge is 0.269 e. The van der Waals surface area contributed by atoms with E-state index in [0.717, 1.165) is 4.90 Å². The Balaban J connectivity index is 2.32. The summed E-state index contributed by atoms with van der Waals surface area (Å²) in [6, 6.07) is 6.45. The van der Waals surface area contributed by atoms with E-state index in [0.29, 0.717) is 28.1 Å². The molecular formula is C18H15NO5. The zero-order valence-electron chi connectivity index (χ0n) is 13.5. The first-order chi connectivity index (χ1) is 11.5. The molecule has 2 aromatic rings. The molecule has 6 nitrogen and oxygen atoms in total. The van der Waals surface area contributed by atoms with Gasteiger partial charge >= 0.3 is 0 Å². The van der Waals surface area contributed by atoms with Crippen molar-refractivity contribution in [2.75, 3.05) is 12.0 Å². The lowest BCUT2D eigenvalue weighted by atomic mass is 10.00. The van der Waals surface area contributed by atoms with Gasteiger partial charge in [0.2, 0.25) is 5.91 Å². The number of hydrogen-bond donors (Lipinski definition) is 0. The standard InChI is InChI=1S/C18H15NO5/c1-10(20)12-4-5-15-14(8-12)16(18(22)19(15)11(2)21)17(23-3)13-6-7-24-9-13/h4-9H,1-3H3. The summed E-state index contributed by atoms with van der Waals surface area (Å²) in [4.78, 5) is 37.5. The summed E-state index contributed by atoms with van der Waals surface area (Å²) in [5, 5.41) is 0. The third-order valence-corrected chi connectivity index (χ3v) is 3.86. The van der Waals surface area contributed by atoms with E-state index in [9.17, 15) is 14.4 Å². The van der Waals surface area contributed by atoms with E-state index in [-0.39, 0.29) is 11.4 Å². The first kappa shape index (κ1) is 15.7. The van der Waals surface area contributed by atoms with Crippen LogP contribution in [0.15, 0.2) is 41.2 Å². The molecule has 0 unspecified atom stereocenters. The van der Waals surface area contributed by atoms with Crippen LogP contribution in [0.1, 0.15) is 35.3 Å². The quantitative estimate of drug-likeness (QED) is 0.493. The second-order valence-electron chi connectivity index (χ2n) is 5.37. The number of imide groups is 1. The van der Waals surface area contributed by atoms with Crippen molar-refractivity contribution in [1.29, 1.82) is 0 Å². The van der Waals surface area contributed by atoms with Crippen LogP contribution in [0, 0.1) is 0 Å². The van der Waals surface area contributed by atoms with E-state index < -0.39 is 11.8 Å². The van der Waals surface area contributed by atoms with E-state index in [1.165, 1.54) is 33.5 Å². The Morgan fingerprint density at radius 3 is 2.42 bits per heavy atom. The fraction of sp³-hybridized carbons (Fsp3) is 0.167. The van der Waals surface area contributed by atoms with Crippen LogP contribution in [0.3, 0.4) is 0 Å². The van der Waals surface area contributed by atoms with E-state index in [4.69, 9.17) is 9.15 Å². The molecule has 2 amide bonds. The highest BCUT2D eigenvalue weighted by Gasteiger charge is 2.38. The molecule has 1 aliphatic rings. The molecule has 0 atom stereocenters. The van der Waals surface area contributed by atoms with Gasteiger partial charge in [0.05, 0.1) is 30.2 Å². The number of ketones is 1. The maximum absolute atomic E-state index is 12.8. The van der Waals surface area contributed by atoms with Crippen molar-refractivity contribution >= 4 is 34.6 Å². The number of rotatable bonds is 3. The van der Waals surface area contributed by atoms with Gasteiger partial charge in [0, 0.05) is 18.1 Å². The van der Waals surface area contributed by atoms with Crippen molar-refractivity contribution in [3.8, 4) is 0 Å². The van der Waals surface area contributed by atoms with Gasteiger partial charge in [-0.15, -0.1) is 0 Å². The molecule has 0 fully saturated rings. The fourth-order valence-electron chi connectivity index (χ4n) is 2.78. The van der Waals surface area contributed by atoms with E-state index in [1.54, 1.807) is 24.3 Å². The third-order valence-electron chi connectivity index (χ3n) is 3.86. The minimum atomic E-state index is -0.490. The number of benzene rings is 1. The van der Waals surface area contributed by atoms with E-state index in [2.05, 4.69) is 0 Å². The Morgan fingerprint density at radius 1 is 1.12 bits per heavy atom. The molecule has 6 heteroatoms. The van der Waals surface area contributed by atoms with Crippen LogP contribution in [-0.4, -0.2) is 24.7 Å². The molecule has 1 aliphatic heterocycles. The van der Waals surface area contributed by atoms with Crippen molar-refractivity contribution in [2.24, 2.45) is 0 Å².